The van der Waals surface area contributed by atoms with Crippen molar-refractivity contribution >= 4 is 5.97 Å². The second-order valence-corrected chi connectivity index (χ2v) is 8.46. The van der Waals surface area contributed by atoms with E-state index in [-0.39, 0.29) is 22.9 Å². The van der Waals surface area contributed by atoms with Gasteiger partial charge in [-0.2, -0.15) is 0 Å². The molecule has 0 bridgehead atoms. The summed E-state index contributed by atoms with van der Waals surface area (Å²) in [6.45, 7) is 14.3. The zero-order chi connectivity index (χ0) is 20.2. The molecule has 0 aliphatic rings. The molecule has 27 heavy (non-hydrogen) atoms. The molecule has 0 saturated carbocycles. The van der Waals surface area contributed by atoms with Crippen LogP contribution in [0.25, 0.3) is 0 Å². The summed E-state index contributed by atoms with van der Waals surface area (Å²) in [5, 5.41) is 0. The summed E-state index contributed by atoms with van der Waals surface area (Å²) in [4.78, 5) is 11.7. The number of carbonyl (C=O) groups excluding carboxylic acids is 1. The molecule has 0 unspecified atom stereocenters. The summed E-state index contributed by atoms with van der Waals surface area (Å²) in [7, 11) is 0. The lowest BCUT2D eigenvalue weighted by atomic mass is 9.78. The van der Waals surface area contributed by atoms with Gasteiger partial charge in [0.25, 0.3) is 0 Å². The van der Waals surface area contributed by atoms with Gasteiger partial charge < -0.3 is 9.47 Å². The second kappa shape index (κ2) is 8.16. The van der Waals surface area contributed by atoms with Crippen molar-refractivity contribution in [3.63, 3.8) is 0 Å². The van der Waals surface area contributed by atoms with Gasteiger partial charge in [-0.15, -0.1) is 0 Å². The SMILES string of the molecule is CCC(C)(C)Oc1ccc(C(C)(C)c2ccc(OC(=O)C(C)C)cc2)cc1. The van der Waals surface area contributed by atoms with Gasteiger partial charge in [-0.05, 0) is 55.7 Å². The zero-order valence-corrected chi connectivity index (χ0v) is 17.6. The molecule has 2 aromatic carbocycles. The summed E-state index contributed by atoms with van der Waals surface area (Å²) in [5.41, 5.74) is 2.03. The zero-order valence-electron chi connectivity index (χ0n) is 17.6. The maximum Gasteiger partial charge on any atom is 0.313 e. The third-order valence-corrected chi connectivity index (χ3v) is 5.09. The topological polar surface area (TPSA) is 35.5 Å². The van der Waals surface area contributed by atoms with Gasteiger partial charge in [0.2, 0.25) is 0 Å². The molecule has 0 amide bonds. The van der Waals surface area contributed by atoms with Crippen molar-refractivity contribution in [2.24, 2.45) is 5.92 Å². The predicted molar refractivity (Wildman–Crippen MR) is 110 cm³/mol. The lowest BCUT2D eigenvalue weighted by Crippen LogP contribution is -2.26. The fourth-order valence-electron chi connectivity index (χ4n) is 2.67. The lowest BCUT2D eigenvalue weighted by molar-refractivity contribution is -0.137. The first kappa shape index (κ1) is 21.0. The first-order valence-electron chi connectivity index (χ1n) is 9.67. The molecular weight excluding hydrogens is 336 g/mol. The lowest BCUT2D eigenvalue weighted by Gasteiger charge is -2.28. The summed E-state index contributed by atoms with van der Waals surface area (Å²) >= 11 is 0. The van der Waals surface area contributed by atoms with Gasteiger partial charge in [-0.25, -0.2) is 0 Å². The van der Waals surface area contributed by atoms with Gasteiger partial charge in [-0.1, -0.05) is 58.9 Å². The number of ether oxygens (including phenoxy) is 2. The Morgan fingerprint density at radius 1 is 0.852 bits per heavy atom. The van der Waals surface area contributed by atoms with Crippen LogP contribution in [0.2, 0.25) is 0 Å². The van der Waals surface area contributed by atoms with Gasteiger partial charge in [0.15, 0.2) is 0 Å². The molecule has 0 spiro atoms. The Morgan fingerprint density at radius 2 is 1.30 bits per heavy atom. The van der Waals surface area contributed by atoms with Crippen LogP contribution in [0.4, 0.5) is 0 Å². The minimum absolute atomic E-state index is 0.139. The number of rotatable bonds is 7. The Morgan fingerprint density at radius 3 is 1.70 bits per heavy atom. The van der Waals surface area contributed by atoms with Gasteiger partial charge in [0.1, 0.15) is 17.1 Å². The first-order valence-corrected chi connectivity index (χ1v) is 9.67. The van der Waals surface area contributed by atoms with E-state index in [0.29, 0.717) is 5.75 Å². The number of esters is 1. The minimum Gasteiger partial charge on any atom is -0.488 e. The highest BCUT2D eigenvalue weighted by atomic mass is 16.5. The number of carbonyl (C=O) groups is 1. The molecule has 0 N–H and O–H groups in total. The summed E-state index contributed by atoms with van der Waals surface area (Å²) in [6.07, 6.45) is 0.952. The van der Waals surface area contributed by atoms with E-state index >= 15 is 0 Å². The van der Waals surface area contributed by atoms with Crippen LogP contribution in [0.3, 0.4) is 0 Å². The van der Waals surface area contributed by atoms with Crippen LogP contribution in [0, 0.1) is 5.92 Å². The molecule has 2 aromatic rings. The van der Waals surface area contributed by atoms with Crippen molar-refractivity contribution in [1.29, 1.82) is 0 Å². The van der Waals surface area contributed by atoms with E-state index in [1.807, 2.05) is 50.2 Å². The highest BCUT2D eigenvalue weighted by molar-refractivity contribution is 5.74. The van der Waals surface area contributed by atoms with Crippen LogP contribution < -0.4 is 9.47 Å². The highest BCUT2D eigenvalue weighted by Gasteiger charge is 2.24. The van der Waals surface area contributed by atoms with Gasteiger partial charge in [0, 0.05) is 5.41 Å². The molecule has 0 aliphatic carbocycles. The Hall–Kier alpha value is -2.29. The molecule has 0 saturated heterocycles. The monoisotopic (exact) mass is 368 g/mol. The van der Waals surface area contributed by atoms with Crippen molar-refractivity contribution in [2.75, 3.05) is 0 Å². The van der Waals surface area contributed by atoms with Gasteiger partial charge in [0.05, 0.1) is 5.92 Å². The third-order valence-electron chi connectivity index (χ3n) is 5.09. The van der Waals surface area contributed by atoms with Crippen molar-refractivity contribution in [2.45, 2.75) is 65.9 Å². The molecule has 0 radical (unpaired) electrons. The van der Waals surface area contributed by atoms with Crippen LogP contribution in [0.15, 0.2) is 48.5 Å². The van der Waals surface area contributed by atoms with Crippen LogP contribution >= 0.6 is 0 Å². The van der Waals surface area contributed by atoms with Crippen LogP contribution in [0.1, 0.15) is 66.0 Å². The second-order valence-electron chi connectivity index (χ2n) is 8.46. The largest absolute Gasteiger partial charge is 0.488 e. The van der Waals surface area contributed by atoms with E-state index in [4.69, 9.17) is 9.47 Å². The van der Waals surface area contributed by atoms with E-state index in [2.05, 4.69) is 46.8 Å². The summed E-state index contributed by atoms with van der Waals surface area (Å²) < 4.78 is 11.4. The van der Waals surface area contributed by atoms with E-state index in [0.717, 1.165) is 17.7 Å². The van der Waals surface area contributed by atoms with Gasteiger partial charge in [-0.3, -0.25) is 4.79 Å². The van der Waals surface area contributed by atoms with E-state index < -0.39 is 0 Å². The molecule has 3 heteroatoms. The van der Waals surface area contributed by atoms with Crippen LogP contribution in [-0.2, 0) is 10.2 Å². The minimum atomic E-state index is -0.215. The molecular formula is C24H32O3. The normalized spacial score (nSPS) is 12.1. The maximum atomic E-state index is 11.7. The standard InChI is InChI=1S/C24H32O3/c1-8-23(4,5)27-21-15-11-19(12-16-21)24(6,7)18-9-13-20(14-10-18)26-22(25)17(2)3/h9-17H,8H2,1-7H3. The fraction of sp³-hybridized carbons (Fsp3) is 0.458. The molecule has 0 heterocycles. The van der Waals surface area contributed by atoms with Gasteiger partial charge >= 0.3 is 5.97 Å². The van der Waals surface area contributed by atoms with Crippen molar-refractivity contribution in [3.8, 4) is 11.5 Å². The molecule has 0 fully saturated rings. The van der Waals surface area contributed by atoms with Crippen molar-refractivity contribution in [1.82, 2.24) is 0 Å². The number of hydrogen-bond acceptors (Lipinski definition) is 3. The molecule has 2 rings (SSSR count). The quantitative estimate of drug-likeness (QED) is 0.435. The predicted octanol–water partition coefficient (Wildman–Crippen LogP) is 6.14. The van der Waals surface area contributed by atoms with Crippen LogP contribution in [-0.4, -0.2) is 11.6 Å². The molecule has 146 valence electrons. The number of benzene rings is 2. The Bertz CT molecular complexity index is 753. The fourth-order valence-corrected chi connectivity index (χ4v) is 2.67. The molecule has 0 aromatic heterocycles. The van der Waals surface area contributed by atoms with Crippen molar-refractivity contribution in [3.05, 3.63) is 59.7 Å². The average Bonchev–Trinajstić information content (AvgIpc) is 2.62. The number of hydrogen-bond donors (Lipinski definition) is 0. The maximum absolute atomic E-state index is 11.7. The summed E-state index contributed by atoms with van der Waals surface area (Å²) in [6, 6.07) is 16.1. The molecule has 0 aliphatic heterocycles. The molecule has 3 nitrogen and oxygen atoms in total. The molecule has 0 atom stereocenters. The average molecular weight is 369 g/mol. The van der Waals surface area contributed by atoms with E-state index in [1.54, 1.807) is 0 Å². The van der Waals surface area contributed by atoms with Crippen LogP contribution in [0.5, 0.6) is 11.5 Å². The Kier molecular flexibility index (Phi) is 6.35. The summed E-state index contributed by atoms with van der Waals surface area (Å²) in [5.74, 6) is 1.11. The highest BCUT2D eigenvalue weighted by Crippen LogP contribution is 2.34. The van der Waals surface area contributed by atoms with Crippen molar-refractivity contribution < 1.29 is 14.3 Å². The Balaban J connectivity index is 2.16. The first-order chi connectivity index (χ1) is 12.5. The van der Waals surface area contributed by atoms with E-state index in [9.17, 15) is 4.79 Å². The Labute approximate surface area is 163 Å². The smallest absolute Gasteiger partial charge is 0.313 e. The third kappa shape index (κ3) is 5.35. The van der Waals surface area contributed by atoms with E-state index in [1.165, 1.54) is 5.56 Å².